The van der Waals surface area contributed by atoms with Gasteiger partial charge in [-0.3, -0.25) is 9.59 Å². The van der Waals surface area contributed by atoms with Crippen LogP contribution < -0.4 is 15.4 Å². The molecule has 36 heavy (non-hydrogen) atoms. The molecule has 2 unspecified atom stereocenters. The molecule has 0 radical (unpaired) electrons. The molecule has 0 aliphatic carbocycles. The second-order valence-electron chi connectivity index (χ2n) is 9.14. The number of phenolic OH excluding ortho intramolecular Hbond substituents is 1. The van der Waals surface area contributed by atoms with E-state index in [2.05, 4.69) is 23.3 Å². The van der Waals surface area contributed by atoms with E-state index < -0.39 is 35.6 Å². The fourth-order valence-electron chi connectivity index (χ4n) is 3.54. The number of anilines is 1. The molecule has 9 nitrogen and oxygen atoms in total. The summed E-state index contributed by atoms with van der Waals surface area (Å²) >= 11 is 4.24. The van der Waals surface area contributed by atoms with Crippen LogP contribution in [0.25, 0.3) is 0 Å². The first-order chi connectivity index (χ1) is 16.9. The highest BCUT2D eigenvalue weighted by Crippen LogP contribution is 2.33. The number of para-hydroxylation sites is 1. The highest BCUT2D eigenvalue weighted by atomic mass is 32.1. The molecule has 3 amide bonds. The van der Waals surface area contributed by atoms with E-state index >= 15 is 0 Å². The Balaban J connectivity index is 2.43. The molecule has 0 aliphatic heterocycles. The van der Waals surface area contributed by atoms with E-state index in [-0.39, 0.29) is 23.6 Å². The number of aromatic hydroxyl groups is 1. The molecule has 2 atom stereocenters. The van der Waals surface area contributed by atoms with Gasteiger partial charge in [-0.05, 0) is 64.4 Å². The lowest BCUT2D eigenvalue weighted by Crippen LogP contribution is -2.53. The number of nitrogens with one attached hydrogen (secondary N) is 2. The molecule has 2 aromatic rings. The van der Waals surface area contributed by atoms with Crippen LogP contribution in [0.4, 0.5) is 10.5 Å². The van der Waals surface area contributed by atoms with Crippen LogP contribution in [-0.2, 0) is 14.3 Å². The van der Waals surface area contributed by atoms with Crippen molar-refractivity contribution in [3.8, 4) is 11.5 Å². The number of benzene rings is 2. The Kier molecular flexibility index (Phi) is 10.0. The van der Waals surface area contributed by atoms with Gasteiger partial charge in [0.15, 0.2) is 0 Å². The third kappa shape index (κ3) is 7.55. The Morgan fingerprint density at radius 3 is 2.28 bits per heavy atom. The number of carbonyl (C=O) groups excluding carboxylic acids is 3. The third-order valence-electron chi connectivity index (χ3n) is 5.28. The van der Waals surface area contributed by atoms with Gasteiger partial charge in [0.1, 0.15) is 29.2 Å². The summed E-state index contributed by atoms with van der Waals surface area (Å²) in [5.41, 5.74) is 0.536. The van der Waals surface area contributed by atoms with Gasteiger partial charge in [0.2, 0.25) is 5.91 Å². The van der Waals surface area contributed by atoms with Crippen molar-refractivity contribution >= 4 is 36.2 Å². The summed E-state index contributed by atoms with van der Waals surface area (Å²) in [6, 6.07) is 9.47. The van der Waals surface area contributed by atoms with Crippen molar-refractivity contribution in [2.45, 2.75) is 52.3 Å². The van der Waals surface area contributed by atoms with Crippen LogP contribution in [0.3, 0.4) is 0 Å². The van der Waals surface area contributed by atoms with Gasteiger partial charge in [-0.1, -0.05) is 18.2 Å². The first-order valence-corrected chi connectivity index (χ1v) is 12.2. The normalized spacial score (nSPS) is 12.8. The lowest BCUT2D eigenvalue weighted by molar-refractivity contribution is -0.140. The number of likely N-dealkylation sites (N-methyl/N-ethyl adjacent to an activating group) is 1. The van der Waals surface area contributed by atoms with Crippen LogP contribution >= 0.6 is 12.6 Å². The number of hydrogen-bond donors (Lipinski definition) is 4. The monoisotopic (exact) mass is 517 g/mol. The largest absolute Gasteiger partial charge is 0.507 e. The quantitative estimate of drug-likeness (QED) is 0.373. The fourth-order valence-corrected chi connectivity index (χ4v) is 3.79. The lowest BCUT2D eigenvalue weighted by Gasteiger charge is -2.33. The van der Waals surface area contributed by atoms with E-state index in [1.807, 2.05) is 0 Å². The molecular weight excluding hydrogens is 482 g/mol. The van der Waals surface area contributed by atoms with E-state index in [0.29, 0.717) is 17.0 Å². The molecule has 0 aromatic heterocycles. The molecule has 10 heteroatoms. The summed E-state index contributed by atoms with van der Waals surface area (Å²) < 4.78 is 10.4. The molecule has 2 rings (SSSR count). The number of thiol groups is 1. The number of aryl methyl sites for hydroxylation is 1. The summed E-state index contributed by atoms with van der Waals surface area (Å²) in [7, 11) is 1.54. The molecule has 0 aliphatic rings. The molecule has 3 N–H and O–H groups in total. The van der Waals surface area contributed by atoms with Crippen LogP contribution in [-0.4, -0.2) is 59.0 Å². The number of phenols is 1. The zero-order chi connectivity index (χ0) is 27.0. The van der Waals surface area contributed by atoms with E-state index in [1.165, 1.54) is 12.0 Å². The minimum Gasteiger partial charge on any atom is -0.507 e. The maximum atomic E-state index is 13.6. The van der Waals surface area contributed by atoms with E-state index in [9.17, 15) is 19.5 Å². The lowest BCUT2D eigenvalue weighted by atomic mass is 9.99. The summed E-state index contributed by atoms with van der Waals surface area (Å²) in [6.07, 6.45) is -0.774. The van der Waals surface area contributed by atoms with E-state index in [1.54, 1.807) is 77.1 Å². The molecule has 0 fully saturated rings. The maximum absolute atomic E-state index is 13.6. The highest BCUT2D eigenvalue weighted by molar-refractivity contribution is 7.80. The van der Waals surface area contributed by atoms with Crippen molar-refractivity contribution < 1.29 is 29.0 Å². The van der Waals surface area contributed by atoms with Crippen LogP contribution in [0.2, 0.25) is 0 Å². The Labute approximate surface area is 217 Å². The van der Waals surface area contributed by atoms with Crippen LogP contribution in [0.15, 0.2) is 42.5 Å². The third-order valence-corrected chi connectivity index (χ3v) is 5.64. The Morgan fingerprint density at radius 2 is 1.75 bits per heavy atom. The van der Waals surface area contributed by atoms with E-state index in [0.717, 1.165) is 0 Å². The number of nitrogens with zero attached hydrogens (tertiary/aromatic N) is 1. The van der Waals surface area contributed by atoms with Gasteiger partial charge in [0.25, 0.3) is 5.91 Å². The van der Waals surface area contributed by atoms with Crippen LogP contribution in [0.1, 0.15) is 44.9 Å². The predicted octanol–water partition coefficient (Wildman–Crippen LogP) is 4.06. The first kappa shape index (κ1) is 28.8. The van der Waals surface area contributed by atoms with Crippen molar-refractivity contribution in [3.63, 3.8) is 0 Å². The SMILES string of the molecule is CCN(C(=O)C(CS)NC(=O)OC(C)(C)C)C(C(=O)Nc1ccc(OC)cc1)c1cccc(C)c1O. The average molecular weight is 518 g/mol. The van der Waals surface area contributed by atoms with Gasteiger partial charge in [-0.15, -0.1) is 0 Å². The smallest absolute Gasteiger partial charge is 0.408 e. The molecule has 196 valence electrons. The van der Waals surface area contributed by atoms with Crippen molar-refractivity contribution in [2.24, 2.45) is 0 Å². The van der Waals surface area contributed by atoms with Gasteiger partial charge >= 0.3 is 6.09 Å². The number of amides is 3. The minimum atomic E-state index is -1.19. The molecular formula is C26H35N3O6S. The Bertz CT molecular complexity index is 1070. The van der Waals surface area contributed by atoms with E-state index in [4.69, 9.17) is 9.47 Å². The van der Waals surface area contributed by atoms with Gasteiger partial charge in [-0.25, -0.2) is 4.79 Å². The molecule has 0 bridgehead atoms. The molecule has 0 saturated heterocycles. The van der Waals surface area contributed by atoms with Crippen molar-refractivity contribution in [1.82, 2.24) is 10.2 Å². The summed E-state index contributed by atoms with van der Waals surface area (Å²) in [6.45, 7) is 8.66. The predicted molar refractivity (Wildman–Crippen MR) is 142 cm³/mol. The number of ether oxygens (including phenoxy) is 2. The standard InChI is InChI=1S/C26H35N3O6S/c1-7-29(24(32)20(15-36)28-25(33)35-26(3,4)5)21(19-10-8-9-16(2)22(19)30)23(31)27-17-11-13-18(34-6)14-12-17/h8-14,20-21,30,36H,7,15H2,1-6H3,(H,27,31)(H,28,33). The molecule has 0 heterocycles. The molecule has 2 aromatic carbocycles. The fraction of sp³-hybridized carbons (Fsp3) is 0.423. The second-order valence-corrected chi connectivity index (χ2v) is 9.50. The molecule has 0 spiro atoms. The Hall–Kier alpha value is -3.40. The number of rotatable bonds is 9. The zero-order valence-corrected chi connectivity index (χ0v) is 22.4. The minimum absolute atomic E-state index is 0.0266. The summed E-state index contributed by atoms with van der Waals surface area (Å²) in [5.74, 6) is -0.584. The highest BCUT2D eigenvalue weighted by Gasteiger charge is 2.36. The first-order valence-electron chi connectivity index (χ1n) is 11.6. The molecule has 0 saturated carbocycles. The van der Waals surface area contributed by atoms with Gasteiger partial charge < -0.3 is 30.1 Å². The van der Waals surface area contributed by atoms with Gasteiger partial charge in [0, 0.05) is 23.5 Å². The van der Waals surface area contributed by atoms with Gasteiger partial charge in [0.05, 0.1) is 7.11 Å². The van der Waals surface area contributed by atoms with Gasteiger partial charge in [-0.2, -0.15) is 12.6 Å². The second kappa shape index (κ2) is 12.5. The average Bonchev–Trinajstić information content (AvgIpc) is 2.82. The maximum Gasteiger partial charge on any atom is 0.408 e. The number of alkyl carbamates (subject to hydrolysis) is 1. The van der Waals surface area contributed by atoms with Crippen LogP contribution in [0, 0.1) is 6.92 Å². The summed E-state index contributed by atoms with van der Waals surface area (Å²) in [5, 5.41) is 16.1. The summed E-state index contributed by atoms with van der Waals surface area (Å²) in [4.78, 5) is 40.8. The number of hydrogen-bond acceptors (Lipinski definition) is 7. The van der Waals surface area contributed by atoms with Crippen molar-refractivity contribution in [3.05, 3.63) is 53.6 Å². The Morgan fingerprint density at radius 1 is 1.11 bits per heavy atom. The topological polar surface area (TPSA) is 117 Å². The van der Waals surface area contributed by atoms with Crippen LogP contribution in [0.5, 0.6) is 11.5 Å². The number of carbonyl (C=O) groups is 3. The zero-order valence-electron chi connectivity index (χ0n) is 21.5. The van der Waals surface area contributed by atoms with Crippen molar-refractivity contribution in [1.29, 1.82) is 0 Å². The van der Waals surface area contributed by atoms with Crippen molar-refractivity contribution in [2.75, 3.05) is 24.7 Å². The number of methoxy groups -OCH3 is 1.